The zero-order valence-electron chi connectivity index (χ0n) is 10.8. The molecule has 2 aromatic rings. The molecule has 0 spiro atoms. The smallest absolute Gasteiger partial charge is 0.272 e. The van der Waals surface area contributed by atoms with Crippen LogP contribution in [0.15, 0.2) is 41.0 Å². The maximum Gasteiger partial charge on any atom is 0.272 e. The lowest BCUT2D eigenvalue weighted by Gasteiger charge is -2.28. The maximum absolute atomic E-state index is 13.2. The molecule has 3 nitrogen and oxygen atoms in total. The van der Waals surface area contributed by atoms with E-state index in [1.54, 1.807) is 12.1 Å². The van der Waals surface area contributed by atoms with E-state index in [4.69, 9.17) is 0 Å². The summed E-state index contributed by atoms with van der Waals surface area (Å²) in [5, 5.41) is 2.80. The Hall–Kier alpha value is -1.62. The van der Waals surface area contributed by atoms with E-state index in [0.717, 1.165) is 12.8 Å². The van der Waals surface area contributed by atoms with Crippen molar-refractivity contribution in [3.8, 4) is 0 Å². The first-order valence-corrected chi connectivity index (χ1v) is 7.37. The van der Waals surface area contributed by atoms with E-state index < -0.39 is 0 Å². The molecule has 1 aliphatic rings. The van der Waals surface area contributed by atoms with Crippen molar-refractivity contribution in [1.82, 2.24) is 4.57 Å². The summed E-state index contributed by atoms with van der Waals surface area (Å²) in [6.07, 6.45) is 5.41. The normalized spacial score (nSPS) is 14.9. The molecule has 1 heterocycles. The van der Waals surface area contributed by atoms with Gasteiger partial charge in [0.1, 0.15) is 11.5 Å². The Morgan fingerprint density at radius 3 is 2.80 bits per heavy atom. The van der Waals surface area contributed by atoms with Crippen LogP contribution in [0.5, 0.6) is 0 Å². The molecular weight excluding hydrogens is 323 g/mol. The molecule has 0 atom stereocenters. The second-order valence-corrected chi connectivity index (χ2v) is 5.82. The molecule has 0 unspecified atom stereocenters. The van der Waals surface area contributed by atoms with E-state index in [0.29, 0.717) is 21.9 Å². The number of halogens is 2. The molecule has 0 saturated heterocycles. The topological polar surface area (TPSA) is 34.0 Å². The molecule has 1 N–H and O–H groups in total. The number of nitrogens with zero attached hydrogens (tertiary/aromatic N) is 1. The van der Waals surface area contributed by atoms with Crippen LogP contribution in [0.3, 0.4) is 0 Å². The lowest BCUT2D eigenvalue weighted by molar-refractivity contribution is 0.101. The highest BCUT2D eigenvalue weighted by Crippen LogP contribution is 2.33. The Balaban J connectivity index is 1.79. The van der Waals surface area contributed by atoms with Crippen molar-refractivity contribution in [1.29, 1.82) is 0 Å². The SMILES string of the molecule is O=C(Nc1ccc(F)c(Br)c1)c1cccn1C1CCC1. The van der Waals surface area contributed by atoms with Gasteiger partial charge in [-0.1, -0.05) is 0 Å². The van der Waals surface area contributed by atoms with E-state index in [1.165, 1.54) is 12.5 Å². The van der Waals surface area contributed by atoms with Crippen LogP contribution >= 0.6 is 15.9 Å². The van der Waals surface area contributed by atoms with Crippen molar-refractivity contribution >= 4 is 27.5 Å². The molecule has 1 aliphatic carbocycles. The van der Waals surface area contributed by atoms with Crippen LogP contribution in [0.1, 0.15) is 35.8 Å². The van der Waals surface area contributed by atoms with Gasteiger partial charge >= 0.3 is 0 Å². The standard InChI is InChI=1S/C15H14BrFN2O/c16-12-9-10(6-7-13(12)17)18-15(20)14-5-2-8-19(14)11-3-1-4-11/h2,5-9,11H,1,3-4H2,(H,18,20). The van der Waals surface area contributed by atoms with Crippen LogP contribution in [-0.2, 0) is 0 Å². The first-order chi connectivity index (χ1) is 9.65. The van der Waals surface area contributed by atoms with Crippen molar-refractivity contribution in [2.24, 2.45) is 0 Å². The molecule has 3 rings (SSSR count). The van der Waals surface area contributed by atoms with Crippen LogP contribution < -0.4 is 5.32 Å². The quantitative estimate of drug-likeness (QED) is 0.887. The zero-order chi connectivity index (χ0) is 14.1. The highest BCUT2D eigenvalue weighted by molar-refractivity contribution is 9.10. The Morgan fingerprint density at radius 1 is 1.35 bits per heavy atom. The first kappa shape index (κ1) is 13.4. The Bertz CT molecular complexity index is 649. The summed E-state index contributed by atoms with van der Waals surface area (Å²) < 4.78 is 15.5. The number of carbonyl (C=O) groups excluding carboxylic acids is 1. The summed E-state index contributed by atoms with van der Waals surface area (Å²) in [6.45, 7) is 0. The molecule has 104 valence electrons. The van der Waals surface area contributed by atoms with Crippen molar-refractivity contribution in [2.45, 2.75) is 25.3 Å². The lowest BCUT2D eigenvalue weighted by atomic mass is 9.93. The predicted molar refractivity (Wildman–Crippen MR) is 79.4 cm³/mol. The molecule has 1 amide bonds. The monoisotopic (exact) mass is 336 g/mol. The molecule has 1 aromatic heterocycles. The van der Waals surface area contributed by atoms with Crippen LogP contribution in [0, 0.1) is 5.82 Å². The fourth-order valence-corrected chi connectivity index (χ4v) is 2.72. The molecule has 20 heavy (non-hydrogen) atoms. The van der Waals surface area contributed by atoms with Gasteiger partial charge in [-0.2, -0.15) is 0 Å². The number of rotatable bonds is 3. The average molecular weight is 337 g/mol. The van der Waals surface area contributed by atoms with Gasteiger partial charge in [-0.3, -0.25) is 4.79 Å². The minimum Gasteiger partial charge on any atom is -0.340 e. The molecular formula is C15H14BrFN2O. The second kappa shape index (κ2) is 5.40. The van der Waals surface area contributed by atoms with E-state index in [9.17, 15) is 9.18 Å². The van der Waals surface area contributed by atoms with Crippen molar-refractivity contribution in [3.05, 3.63) is 52.5 Å². The van der Waals surface area contributed by atoms with E-state index >= 15 is 0 Å². The van der Waals surface area contributed by atoms with E-state index in [-0.39, 0.29) is 11.7 Å². The second-order valence-electron chi connectivity index (χ2n) is 4.97. The lowest BCUT2D eigenvalue weighted by Crippen LogP contribution is -2.23. The summed E-state index contributed by atoms with van der Waals surface area (Å²) in [5.74, 6) is -0.513. The summed E-state index contributed by atoms with van der Waals surface area (Å²) in [6, 6.07) is 8.56. The van der Waals surface area contributed by atoms with Crippen LogP contribution in [0.4, 0.5) is 10.1 Å². The fraction of sp³-hybridized carbons (Fsp3) is 0.267. The molecule has 0 bridgehead atoms. The summed E-state index contributed by atoms with van der Waals surface area (Å²) in [4.78, 5) is 12.3. The fourth-order valence-electron chi connectivity index (χ4n) is 2.34. The minimum absolute atomic E-state index is 0.166. The molecule has 0 radical (unpaired) electrons. The zero-order valence-corrected chi connectivity index (χ0v) is 12.4. The first-order valence-electron chi connectivity index (χ1n) is 6.58. The molecule has 0 aliphatic heterocycles. The Kier molecular flexibility index (Phi) is 3.61. The molecule has 5 heteroatoms. The summed E-state index contributed by atoms with van der Waals surface area (Å²) in [5.41, 5.74) is 1.22. The number of anilines is 1. The van der Waals surface area contributed by atoms with Gasteiger partial charge in [0.05, 0.1) is 4.47 Å². The van der Waals surface area contributed by atoms with E-state index in [2.05, 4.69) is 21.2 Å². The van der Waals surface area contributed by atoms with Gasteiger partial charge in [0, 0.05) is 17.9 Å². The summed E-state index contributed by atoms with van der Waals surface area (Å²) >= 11 is 3.11. The number of carbonyl (C=O) groups is 1. The number of hydrogen-bond acceptors (Lipinski definition) is 1. The third kappa shape index (κ3) is 2.50. The van der Waals surface area contributed by atoms with Gasteiger partial charge in [-0.05, 0) is 65.5 Å². The van der Waals surface area contributed by atoms with Crippen LogP contribution in [-0.4, -0.2) is 10.5 Å². The highest BCUT2D eigenvalue weighted by atomic mass is 79.9. The minimum atomic E-state index is -0.346. The van der Waals surface area contributed by atoms with Crippen molar-refractivity contribution in [2.75, 3.05) is 5.32 Å². The van der Waals surface area contributed by atoms with Gasteiger partial charge in [0.15, 0.2) is 0 Å². The molecule has 1 aromatic carbocycles. The number of benzene rings is 1. The highest BCUT2D eigenvalue weighted by Gasteiger charge is 2.23. The van der Waals surface area contributed by atoms with Crippen molar-refractivity contribution < 1.29 is 9.18 Å². The van der Waals surface area contributed by atoms with Crippen LogP contribution in [0.2, 0.25) is 0 Å². The maximum atomic E-state index is 13.2. The van der Waals surface area contributed by atoms with Gasteiger partial charge in [0.2, 0.25) is 0 Å². The predicted octanol–water partition coefficient (Wildman–Crippen LogP) is 4.37. The largest absolute Gasteiger partial charge is 0.340 e. The van der Waals surface area contributed by atoms with Gasteiger partial charge < -0.3 is 9.88 Å². The molecule has 1 fully saturated rings. The summed E-state index contributed by atoms with van der Waals surface area (Å²) in [7, 11) is 0. The van der Waals surface area contributed by atoms with Crippen molar-refractivity contribution in [3.63, 3.8) is 0 Å². The van der Waals surface area contributed by atoms with E-state index in [1.807, 2.05) is 22.9 Å². The van der Waals surface area contributed by atoms with Crippen LogP contribution in [0.25, 0.3) is 0 Å². The Morgan fingerprint density at radius 2 is 2.15 bits per heavy atom. The number of aromatic nitrogens is 1. The van der Waals surface area contributed by atoms with Gasteiger partial charge in [0.25, 0.3) is 5.91 Å². The average Bonchev–Trinajstić information content (AvgIpc) is 2.81. The molecule has 1 saturated carbocycles. The third-order valence-electron chi connectivity index (χ3n) is 3.66. The number of nitrogens with one attached hydrogen (secondary N) is 1. The number of amides is 1. The third-order valence-corrected chi connectivity index (χ3v) is 4.26. The van der Waals surface area contributed by atoms with Gasteiger partial charge in [-0.25, -0.2) is 4.39 Å². The Labute approximate surface area is 124 Å². The number of hydrogen-bond donors (Lipinski definition) is 1. The van der Waals surface area contributed by atoms with Gasteiger partial charge in [-0.15, -0.1) is 0 Å².